The Kier molecular flexibility index (Phi) is 7.37. The fourth-order valence-corrected chi connectivity index (χ4v) is 3.33. The van der Waals surface area contributed by atoms with Crippen LogP contribution in [0.5, 0.6) is 0 Å². The Morgan fingerprint density at radius 3 is 2.50 bits per heavy atom. The largest absolute Gasteiger partial charge is 0.468 e. The maximum absolute atomic E-state index is 12.8. The number of methoxy groups -OCH3 is 1. The maximum atomic E-state index is 12.8. The summed E-state index contributed by atoms with van der Waals surface area (Å²) in [6.07, 6.45) is 5.25. The van der Waals surface area contributed by atoms with Crippen LogP contribution in [0.3, 0.4) is 0 Å². The van der Waals surface area contributed by atoms with Crippen LogP contribution in [0, 0.1) is 0 Å². The second-order valence-electron chi connectivity index (χ2n) is 7.10. The van der Waals surface area contributed by atoms with Crippen LogP contribution in [0.15, 0.2) is 42.6 Å². The van der Waals surface area contributed by atoms with Crippen LogP contribution in [0.1, 0.15) is 35.2 Å². The number of aromatic nitrogens is 1. The maximum Gasteiger partial charge on any atom is 0.325 e. The summed E-state index contributed by atoms with van der Waals surface area (Å²) in [5, 5.41) is 5.39. The first-order chi connectivity index (χ1) is 14.6. The van der Waals surface area contributed by atoms with E-state index in [1.165, 1.54) is 13.5 Å². The highest BCUT2D eigenvalue weighted by molar-refractivity contribution is 6.07. The second-order valence-corrected chi connectivity index (χ2v) is 7.10. The zero-order chi connectivity index (χ0) is 21.3. The third-order valence-electron chi connectivity index (χ3n) is 4.92. The van der Waals surface area contributed by atoms with E-state index in [-0.39, 0.29) is 24.8 Å². The Morgan fingerprint density at radius 2 is 1.80 bits per heavy atom. The summed E-state index contributed by atoms with van der Waals surface area (Å²) in [4.78, 5) is 42.4. The van der Waals surface area contributed by atoms with E-state index in [0.717, 1.165) is 31.5 Å². The summed E-state index contributed by atoms with van der Waals surface area (Å²) >= 11 is 0. The number of amides is 2. The summed E-state index contributed by atoms with van der Waals surface area (Å²) in [5.41, 5.74) is 1.95. The van der Waals surface area contributed by atoms with E-state index in [0.29, 0.717) is 17.1 Å². The average Bonchev–Trinajstić information content (AvgIpc) is 2.79. The van der Waals surface area contributed by atoms with Crippen molar-refractivity contribution >= 4 is 29.3 Å². The summed E-state index contributed by atoms with van der Waals surface area (Å²) in [6.45, 7) is 1.65. The third-order valence-corrected chi connectivity index (χ3v) is 4.92. The number of hydrogen-bond acceptors (Lipinski definition) is 6. The predicted molar refractivity (Wildman–Crippen MR) is 113 cm³/mol. The van der Waals surface area contributed by atoms with Crippen molar-refractivity contribution < 1.29 is 19.1 Å². The van der Waals surface area contributed by atoms with E-state index < -0.39 is 5.97 Å². The van der Waals surface area contributed by atoms with Crippen molar-refractivity contribution in [2.24, 2.45) is 0 Å². The third kappa shape index (κ3) is 5.79. The van der Waals surface area contributed by atoms with E-state index >= 15 is 0 Å². The fourth-order valence-electron chi connectivity index (χ4n) is 3.33. The van der Waals surface area contributed by atoms with Crippen LogP contribution >= 0.6 is 0 Å². The van der Waals surface area contributed by atoms with Crippen LogP contribution < -0.4 is 15.5 Å². The van der Waals surface area contributed by atoms with E-state index in [1.807, 2.05) is 0 Å². The fraction of sp³-hybridized carbons (Fsp3) is 0.364. The van der Waals surface area contributed by atoms with Crippen molar-refractivity contribution in [1.29, 1.82) is 0 Å². The zero-order valence-electron chi connectivity index (χ0n) is 17.0. The van der Waals surface area contributed by atoms with Gasteiger partial charge in [0.15, 0.2) is 0 Å². The first-order valence-electron chi connectivity index (χ1n) is 10.0. The molecule has 2 amide bonds. The Bertz CT molecular complexity index is 892. The molecular weight excluding hydrogens is 384 g/mol. The molecule has 1 aromatic heterocycles. The average molecular weight is 410 g/mol. The number of piperidine rings is 1. The monoisotopic (exact) mass is 410 g/mol. The standard InChI is InChI=1S/C22H26N4O4/c1-30-20(28)15-24-19(27)14-16-7-9-17(10-8-16)25-22(29)18-6-5-11-23-21(18)26-12-3-2-4-13-26/h5-11H,2-4,12-15H2,1H3,(H,24,27)(H,25,29). The van der Waals surface area contributed by atoms with Gasteiger partial charge in [0.25, 0.3) is 5.91 Å². The van der Waals surface area contributed by atoms with Gasteiger partial charge in [0.1, 0.15) is 12.4 Å². The van der Waals surface area contributed by atoms with Crippen LogP contribution in [-0.4, -0.2) is 49.5 Å². The summed E-state index contributed by atoms with van der Waals surface area (Å²) in [5.74, 6) is -0.278. The van der Waals surface area contributed by atoms with Crippen molar-refractivity contribution in [1.82, 2.24) is 10.3 Å². The van der Waals surface area contributed by atoms with Crippen LogP contribution in [0.4, 0.5) is 11.5 Å². The molecule has 3 rings (SSSR count). The lowest BCUT2D eigenvalue weighted by Gasteiger charge is -2.29. The molecule has 1 fully saturated rings. The summed E-state index contributed by atoms with van der Waals surface area (Å²) in [6, 6.07) is 10.6. The van der Waals surface area contributed by atoms with Gasteiger partial charge in [-0.2, -0.15) is 0 Å². The summed E-state index contributed by atoms with van der Waals surface area (Å²) in [7, 11) is 1.27. The highest BCUT2D eigenvalue weighted by Crippen LogP contribution is 2.22. The number of nitrogens with zero attached hydrogens (tertiary/aromatic N) is 2. The van der Waals surface area contributed by atoms with Crippen LogP contribution in [0.25, 0.3) is 0 Å². The van der Waals surface area contributed by atoms with Crippen molar-refractivity contribution in [3.05, 3.63) is 53.7 Å². The molecule has 2 aromatic rings. The number of benzene rings is 1. The second kappa shape index (κ2) is 10.4. The van der Waals surface area contributed by atoms with Gasteiger partial charge in [-0.15, -0.1) is 0 Å². The van der Waals surface area contributed by atoms with Gasteiger partial charge in [0.2, 0.25) is 5.91 Å². The normalized spacial score (nSPS) is 13.4. The molecule has 1 aromatic carbocycles. The van der Waals surface area contributed by atoms with Crippen molar-refractivity contribution in [3.8, 4) is 0 Å². The van der Waals surface area contributed by atoms with Gasteiger partial charge in [0, 0.05) is 25.0 Å². The number of pyridine rings is 1. The highest BCUT2D eigenvalue weighted by Gasteiger charge is 2.19. The lowest BCUT2D eigenvalue weighted by molar-refractivity contribution is -0.141. The Hall–Kier alpha value is -3.42. The molecule has 0 aliphatic carbocycles. The number of carbonyl (C=O) groups is 3. The molecule has 1 aliphatic rings. The lowest BCUT2D eigenvalue weighted by atomic mass is 10.1. The lowest BCUT2D eigenvalue weighted by Crippen LogP contribution is -2.32. The molecular formula is C22H26N4O4. The van der Waals surface area contributed by atoms with Gasteiger partial charge in [0.05, 0.1) is 19.1 Å². The Balaban J connectivity index is 1.60. The van der Waals surface area contributed by atoms with E-state index in [9.17, 15) is 14.4 Å². The van der Waals surface area contributed by atoms with Gasteiger partial charge in [-0.05, 0) is 49.1 Å². The van der Waals surface area contributed by atoms with E-state index in [4.69, 9.17) is 0 Å². The van der Waals surface area contributed by atoms with Gasteiger partial charge in [-0.25, -0.2) is 4.98 Å². The number of ether oxygens (including phenoxy) is 1. The molecule has 0 saturated carbocycles. The molecule has 2 heterocycles. The molecule has 2 N–H and O–H groups in total. The minimum Gasteiger partial charge on any atom is -0.468 e. The summed E-state index contributed by atoms with van der Waals surface area (Å²) < 4.78 is 4.49. The molecule has 8 nitrogen and oxygen atoms in total. The molecule has 0 spiro atoms. The zero-order valence-corrected chi connectivity index (χ0v) is 17.0. The van der Waals surface area contributed by atoms with Gasteiger partial charge in [-0.1, -0.05) is 12.1 Å². The number of carbonyl (C=O) groups excluding carboxylic acids is 3. The molecule has 30 heavy (non-hydrogen) atoms. The number of hydrogen-bond donors (Lipinski definition) is 2. The topological polar surface area (TPSA) is 101 Å². The molecule has 1 saturated heterocycles. The molecule has 0 bridgehead atoms. The molecule has 158 valence electrons. The van der Waals surface area contributed by atoms with E-state index in [1.54, 1.807) is 42.6 Å². The first-order valence-corrected chi connectivity index (χ1v) is 10.0. The van der Waals surface area contributed by atoms with Crippen LogP contribution in [-0.2, 0) is 20.7 Å². The molecule has 1 aliphatic heterocycles. The Labute approximate surface area is 175 Å². The van der Waals surface area contributed by atoms with Gasteiger partial charge < -0.3 is 20.3 Å². The SMILES string of the molecule is COC(=O)CNC(=O)Cc1ccc(NC(=O)c2cccnc2N2CCCCC2)cc1. The molecule has 0 atom stereocenters. The minimum absolute atomic E-state index is 0.132. The number of nitrogens with one attached hydrogen (secondary N) is 2. The molecule has 0 radical (unpaired) electrons. The first kappa shape index (κ1) is 21.3. The molecule has 8 heteroatoms. The molecule has 0 unspecified atom stereocenters. The Morgan fingerprint density at radius 1 is 1.07 bits per heavy atom. The number of anilines is 2. The van der Waals surface area contributed by atoms with Crippen molar-refractivity contribution in [3.63, 3.8) is 0 Å². The van der Waals surface area contributed by atoms with Crippen molar-refractivity contribution in [2.45, 2.75) is 25.7 Å². The quantitative estimate of drug-likeness (QED) is 0.679. The highest BCUT2D eigenvalue weighted by atomic mass is 16.5. The van der Waals surface area contributed by atoms with Gasteiger partial charge >= 0.3 is 5.97 Å². The predicted octanol–water partition coefficient (Wildman–Crippen LogP) is 2.16. The van der Waals surface area contributed by atoms with E-state index in [2.05, 4.69) is 25.3 Å². The van der Waals surface area contributed by atoms with Gasteiger partial charge in [-0.3, -0.25) is 14.4 Å². The van der Waals surface area contributed by atoms with Crippen LogP contribution in [0.2, 0.25) is 0 Å². The van der Waals surface area contributed by atoms with Crippen molar-refractivity contribution in [2.75, 3.05) is 37.0 Å². The smallest absolute Gasteiger partial charge is 0.325 e. The minimum atomic E-state index is -0.499. The number of rotatable bonds is 7. The number of esters is 1.